The first-order valence-electron chi connectivity index (χ1n) is 7.01. The smallest absolute Gasteiger partial charge is 0.303 e. The molecule has 0 unspecified atom stereocenters. The second-order valence-electron chi connectivity index (χ2n) is 4.72. The van der Waals surface area contributed by atoms with Crippen LogP contribution in [-0.4, -0.2) is 33.7 Å². The fourth-order valence-electron chi connectivity index (χ4n) is 1.86. The molecule has 2 N–H and O–H groups in total. The molecule has 116 valence electrons. The van der Waals surface area contributed by atoms with Crippen LogP contribution < -0.4 is 5.32 Å². The molecule has 7 heteroatoms. The number of carboxylic acid groups (broad SMARTS) is 1. The van der Waals surface area contributed by atoms with Crippen LogP contribution in [0.5, 0.6) is 0 Å². The monoisotopic (exact) mass is 303 g/mol. The van der Waals surface area contributed by atoms with Gasteiger partial charge in [-0.3, -0.25) is 9.59 Å². The Morgan fingerprint density at radius 1 is 1.18 bits per heavy atom. The summed E-state index contributed by atoms with van der Waals surface area (Å²) < 4.78 is 5.12. The Bertz CT molecular complexity index is 625. The summed E-state index contributed by atoms with van der Waals surface area (Å²) in [5, 5.41) is 15.1. The average molecular weight is 303 g/mol. The lowest BCUT2D eigenvalue weighted by Gasteiger charge is -2.01. The van der Waals surface area contributed by atoms with Crippen LogP contribution in [0.4, 0.5) is 0 Å². The lowest BCUT2D eigenvalue weighted by Crippen LogP contribution is -2.25. The van der Waals surface area contributed by atoms with E-state index in [0.29, 0.717) is 31.1 Å². The van der Waals surface area contributed by atoms with E-state index >= 15 is 0 Å². The van der Waals surface area contributed by atoms with Gasteiger partial charge in [0.2, 0.25) is 17.6 Å². The van der Waals surface area contributed by atoms with Crippen molar-refractivity contribution in [2.75, 3.05) is 6.54 Å². The molecule has 0 aliphatic rings. The van der Waals surface area contributed by atoms with E-state index < -0.39 is 5.97 Å². The van der Waals surface area contributed by atoms with E-state index in [1.807, 2.05) is 30.3 Å². The molecule has 7 nitrogen and oxygen atoms in total. The lowest BCUT2D eigenvalue weighted by atomic mass is 10.2. The first-order valence-corrected chi connectivity index (χ1v) is 7.01. The topological polar surface area (TPSA) is 105 Å². The predicted molar refractivity (Wildman–Crippen MR) is 77.9 cm³/mol. The number of nitrogens with one attached hydrogen (secondary N) is 1. The molecule has 2 rings (SSSR count). The number of rotatable bonds is 8. The molecule has 2 aromatic rings. The highest BCUT2D eigenvalue weighted by Crippen LogP contribution is 2.14. The van der Waals surface area contributed by atoms with Gasteiger partial charge in [0.15, 0.2) is 0 Å². The number of hydrogen-bond acceptors (Lipinski definition) is 5. The molecule has 1 amide bonds. The van der Waals surface area contributed by atoms with Crippen LogP contribution in [-0.2, 0) is 16.0 Å². The summed E-state index contributed by atoms with van der Waals surface area (Å²) in [5.41, 5.74) is 0.871. The summed E-state index contributed by atoms with van der Waals surface area (Å²) in [6.45, 7) is 0.377. The van der Waals surface area contributed by atoms with Gasteiger partial charge in [0.1, 0.15) is 0 Å². The van der Waals surface area contributed by atoms with Crippen LogP contribution in [0.3, 0.4) is 0 Å². The Labute approximate surface area is 127 Å². The molecule has 0 spiro atoms. The largest absolute Gasteiger partial charge is 0.481 e. The predicted octanol–water partition coefficient (Wildman–Crippen LogP) is 1.65. The van der Waals surface area contributed by atoms with E-state index in [9.17, 15) is 9.59 Å². The highest BCUT2D eigenvalue weighted by molar-refractivity contribution is 5.76. The van der Waals surface area contributed by atoms with Crippen LogP contribution in [0.15, 0.2) is 34.9 Å². The molecule has 0 aliphatic carbocycles. The Kier molecular flexibility index (Phi) is 5.65. The molecule has 1 aromatic carbocycles. The summed E-state index contributed by atoms with van der Waals surface area (Å²) in [4.78, 5) is 26.1. The lowest BCUT2D eigenvalue weighted by molar-refractivity contribution is -0.137. The third-order valence-corrected chi connectivity index (χ3v) is 2.96. The fraction of sp³-hybridized carbons (Fsp3) is 0.333. The molecule has 0 atom stereocenters. The van der Waals surface area contributed by atoms with E-state index in [1.54, 1.807) is 0 Å². The van der Waals surface area contributed by atoms with Crippen molar-refractivity contribution in [3.05, 3.63) is 36.2 Å². The van der Waals surface area contributed by atoms with Crippen molar-refractivity contribution in [2.24, 2.45) is 0 Å². The minimum atomic E-state index is -0.896. The molecule has 0 aliphatic heterocycles. The van der Waals surface area contributed by atoms with Gasteiger partial charge in [-0.2, -0.15) is 4.98 Å². The van der Waals surface area contributed by atoms with Crippen molar-refractivity contribution in [3.8, 4) is 11.4 Å². The Morgan fingerprint density at radius 2 is 1.95 bits per heavy atom. The van der Waals surface area contributed by atoms with Crippen LogP contribution in [0.1, 0.15) is 25.2 Å². The molecule has 1 aromatic heterocycles. The van der Waals surface area contributed by atoms with Crippen molar-refractivity contribution < 1.29 is 19.2 Å². The maximum atomic E-state index is 11.5. The SMILES string of the molecule is O=C(O)CCCC(=O)NCCc1nc(-c2ccccc2)no1. The minimum absolute atomic E-state index is 0.00247. The fourth-order valence-corrected chi connectivity index (χ4v) is 1.86. The number of carbonyl (C=O) groups is 2. The maximum absolute atomic E-state index is 11.5. The number of carbonyl (C=O) groups excluding carboxylic acids is 1. The molecule has 0 saturated carbocycles. The number of aliphatic carboxylic acids is 1. The molecule has 0 saturated heterocycles. The number of amides is 1. The van der Waals surface area contributed by atoms with Crippen LogP contribution in [0.25, 0.3) is 11.4 Å². The Morgan fingerprint density at radius 3 is 2.68 bits per heavy atom. The van der Waals surface area contributed by atoms with Gasteiger partial charge in [-0.05, 0) is 6.42 Å². The number of carboxylic acids is 1. The van der Waals surface area contributed by atoms with Gasteiger partial charge in [-0.1, -0.05) is 35.5 Å². The molecule has 0 radical (unpaired) electrons. The quantitative estimate of drug-likeness (QED) is 0.768. The molecule has 0 fully saturated rings. The number of nitrogens with zero attached hydrogens (tertiary/aromatic N) is 2. The zero-order valence-corrected chi connectivity index (χ0v) is 12.0. The Balaban J connectivity index is 1.73. The Hall–Kier alpha value is -2.70. The van der Waals surface area contributed by atoms with Gasteiger partial charge in [0, 0.05) is 31.4 Å². The van der Waals surface area contributed by atoms with Gasteiger partial charge >= 0.3 is 5.97 Å². The van der Waals surface area contributed by atoms with Crippen LogP contribution in [0, 0.1) is 0 Å². The highest BCUT2D eigenvalue weighted by Gasteiger charge is 2.09. The zero-order valence-electron chi connectivity index (χ0n) is 12.0. The molecular weight excluding hydrogens is 286 g/mol. The van der Waals surface area contributed by atoms with E-state index in [-0.39, 0.29) is 18.7 Å². The molecule has 0 bridgehead atoms. The molecular formula is C15H17N3O4. The van der Waals surface area contributed by atoms with E-state index in [4.69, 9.17) is 9.63 Å². The van der Waals surface area contributed by atoms with Crippen molar-refractivity contribution >= 4 is 11.9 Å². The van der Waals surface area contributed by atoms with E-state index in [0.717, 1.165) is 5.56 Å². The number of benzene rings is 1. The number of hydrogen-bond donors (Lipinski definition) is 2. The third kappa shape index (κ3) is 5.01. The minimum Gasteiger partial charge on any atom is -0.481 e. The normalized spacial score (nSPS) is 10.4. The van der Waals surface area contributed by atoms with Gasteiger partial charge < -0.3 is 14.9 Å². The summed E-state index contributed by atoms with van der Waals surface area (Å²) in [5.74, 6) is -0.107. The number of aromatic nitrogens is 2. The van der Waals surface area contributed by atoms with Crippen LogP contribution in [0.2, 0.25) is 0 Å². The second kappa shape index (κ2) is 7.92. The molecule has 1 heterocycles. The van der Waals surface area contributed by atoms with Crippen molar-refractivity contribution in [1.82, 2.24) is 15.5 Å². The standard InChI is InChI=1S/C15H17N3O4/c19-12(7-4-8-14(20)21)16-10-9-13-17-15(18-22-13)11-5-2-1-3-6-11/h1-3,5-6H,4,7-10H2,(H,16,19)(H,20,21). The van der Waals surface area contributed by atoms with E-state index in [1.165, 1.54) is 0 Å². The summed E-state index contributed by atoms with van der Waals surface area (Å²) in [6.07, 6.45) is 0.966. The molecule has 22 heavy (non-hydrogen) atoms. The van der Waals surface area contributed by atoms with Gasteiger partial charge in [-0.15, -0.1) is 0 Å². The second-order valence-corrected chi connectivity index (χ2v) is 4.72. The summed E-state index contributed by atoms with van der Waals surface area (Å²) >= 11 is 0. The van der Waals surface area contributed by atoms with Crippen molar-refractivity contribution in [2.45, 2.75) is 25.7 Å². The van der Waals surface area contributed by atoms with Crippen molar-refractivity contribution in [3.63, 3.8) is 0 Å². The van der Waals surface area contributed by atoms with E-state index in [2.05, 4.69) is 15.5 Å². The summed E-state index contributed by atoms with van der Waals surface area (Å²) in [6, 6.07) is 9.47. The average Bonchev–Trinajstić information content (AvgIpc) is 2.97. The van der Waals surface area contributed by atoms with Gasteiger partial charge in [0.25, 0.3) is 0 Å². The van der Waals surface area contributed by atoms with Gasteiger partial charge in [-0.25, -0.2) is 0 Å². The first-order chi connectivity index (χ1) is 10.6. The zero-order chi connectivity index (χ0) is 15.8. The third-order valence-electron chi connectivity index (χ3n) is 2.96. The first kappa shape index (κ1) is 15.7. The maximum Gasteiger partial charge on any atom is 0.303 e. The summed E-state index contributed by atoms with van der Waals surface area (Å²) in [7, 11) is 0. The van der Waals surface area contributed by atoms with Crippen LogP contribution >= 0.6 is 0 Å². The highest BCUT2D eigenvalue weighted by atomic mass is 16.5. The van der Waals surface area contributed by atoms with Crippen molar-refractivity contribution in [1.29, 1.82) is 0 Å². The van der Waals surface area contributed by atoms with Gasteiger partial charge in [0.05, 0.1) is 0 Å².